The van der Waals surface area contributed by atoms with Gasteiger partial charge in [-0.15, -0.1) is 11.8 Å². The van der Waals surface area contributed by atoms with E-state index in [1.54, 1.807) is 25.1 Å². The first-order valence-corrected chi connectivity index (χ1v) is 8.78. The Kier molecular flexibility index (Phi) is 5.42. The number of aliphatic hydroxyl groups is 1. The fourth-order valence-electron chi connectivity index (χ4n) is 2.05. The fourth-order valence-corrected chi connectivity index (χ4v) is 3.23. The van der Waals surface area contributed by atoms with E-state index in [0.29, 0.717) is 11.3 Å². The highest BCUT2D eigenvalue weighted by Crippen LogP contribution is 2.46. The molecule has 3 N–H and O–H groups in total. The molecule has 1 aliphatic rings. The third kappa shape index (κ3) is 4.72. The lowest BCUT2D eigenvalue weighted by molar-refractivity contribution is -0.118. The molecule has 0 saturated heterocycles. The number of hydrogen-bond acceptors (Lipinski definition) is 3. The first-order valence-electron chi connectivity index (χ1n) is 7.97. The van der Waals surface area contributed by atoms with Crippen molar-refractivity contribution in [2.75, 3.05) is 0 Å². The number of aliphatic imine (C=N–C) groups is 1. The van der Waals surface area contributed by atoms with Gasteiger partial charge in [0.25, 0.3) is 5.91 Å². The van der Waals surface area contributed by atoms with E-state index in [-0.39, 0.29) is 17.4 Å². The first-order chi connectivity index (χ1) is 11.5. The van der Waals surface area contributed by atoms with Crippen molar-refractivity contribution >= 4 is 23.5 Å². The van der Waals surface area contributed by atoms with Crippen molar-refractivity contribution in [2.45, 2.75) is 43.8 Å². The van der Waals surface area contributed by atoms with Gasteiger partial charge in [-0.05, 0) is 31.1 Å². The molecule has 1 atom stereocenters. The molecule has 0 radical (unpaired) electrons. The van der Waals surface area contributed by atoms with Gasteiger partial charge in [0, 0.05) is 16.4 Å². The van der Waals surface area contributed by atoms with E-state index in [4.69, 9.17) is 5.73 Å². The average Bonchev–Trinajstić information content (AvgIpc) is 3.33. The number of halogens is 1. The van der Waals surface area contributed by atoms with Gasteiger partial charge in [0.05, 0.1) is 0 Å². The molecule has 2 rings (SSSR count). The number of amidine groups is 1. The zero-order valence-electron chi connectivity index (χ0n) is 14.8. The van der Waals surface area contributed by atoms with Crippen LogP contribution in [0.4, 0.5) is 4.39 Å². The van der Waals surface area contributed by atoms with Crippen LogP contribution in [0.15, 0.2) is 57.6 Å². The Morgan fingerprint density at radius 2 is 1.92 bits per heavy atom. The molecule has 1 unspecified atom stereocenters. The smallest absolute Gasteiger partial charge is 0.268 e. The molecular formula is C19H23FN2O2S. The van der Waals surface area contributed by atoms with E-state index in [1.807, 2.05) is 26.8 Å². The summed E-state index contributed by atoms with van der Waals surface area (Å²) in [5, 5.41) is 9.99. The van der Waals surface area contributed by atoms with E-state index in [2.05, 4.69) is 4.99 Å². The third-order valence-electron chi connectivity index (χ3n) is 3.86. The van der Waals surface area contributed by atoms with Crippen molar-refractivity contribution < 1.29 is 14.3 Å². The second kappa shape index (κ2) is 7.04. The molecule has 0 saturated carbocycles. The molecule has 1 aliphatic carbocycles. The molecule has 0 bridgehead atoms. The minimum Gasteiger partial charge on any atom is -0.512 e. The summed E-state index contributed by atoms with van der Waals surface area (Å²) >= 11 is 1.12. The average molecular weight is 362 g/mol. The minimum atomic E-state index is -1.02. The number of carbonyl (C=O) groups excluding carboxylic acids is 1. The monoisotopic (exact) mass is 362 g/mol. The summed E-state index contributed by atoms with van der Waals surface area (Å²) < 4.78 is 13.0. The van der Waals surface area contributed by atoms with Crippen LogP contribution in [-0.4, -0.2) is 21.6 Å². The van der Waals surface area contributed by atoms with Gasteiger partial charge in [-0.25, -0.2) is 4.39 Å². The second-order valence-electron chi connectivity index (χ2n) is 7.12. The van der Waals surface area contributed by atoms with Crippen LogP contribution in [-0.2, 0) is 4.79 Å². The summed E-state index contributed by atoms with van der Waals surface area (Å²) in [5.74, 6) is -0.885. The SMILES string of the molecule is CC(Sc1ccccc1F)(C(=O)N=C(N)/C=C(\O)C(C)(C)C)C1=CC1. The standard InChI is InChI=1S/C19H23FN2O2S/c1-18(2,3)15(23)11-16(21)22-17(24)19(4,12-9-10-12)25-14-8-6-5-7-13(14)20/h5-9,11,23H,10H2,1-4H3,(H2,21,22,24)/b15-11-. The van der Waals surface area contributed by atoms with Gasteiger partial charge in [-0.1, -0.05) is 39.0 Å². The van der Waals surface area contributed by atoms with E-state index in [1.165, 1.54) is 12.1 Å². The Bertz CT molecular complexity index is 778. The Labute approximate surface area is 151 Å². The Balaban J connectivity index is 2.28. The first kappa shape index (κ1) is 19.2. The minimum absolute atomic E-state index is 0.0376. The van der Waals surface area contributed by atoms with Crippen molar-refractivity contribution in [2.24, 2.45) is 16.1 Å². The number of nitrogens with zero attached hydrogens (tertiary/aromatic N) is 1. The Hall–Kier alpha value is -2.08. The number of aliphatic hydroxyl groups excluding tert-OH is 1. The number of amides is 1. The third-order valence-corrected chi connectivity index (χ3v) is 5.26. The molecule has 1 aromatic carbocycles. The molecule has 1 amide bonds. The number of carbonyl (C=O) groups is 1. The number of allylic oxidation sites excluding steroid dienone is 2. The van der Waals surface area contributed by atoms with Gasteiger partial charge in [0.1, 0.15) is 22.2 Å². The number of nitrogens with two attached hydrogens (primary N) is 1. The lowest BCUT2D eigenvalue weighted by Gasteiger charge is -2.23. The van der Waals surface area contributed by atoms with Crippen LogP contribution in [0, 0.1) is 11.2 Å². The van der Waals surface area contributed by atoms with Crippen LogP contribution >= 0.6 is 11.8 Å². The van der Waals surface area contributed by atoms with Gasteiger partial charge < -0.3 is 10.8 Å². The summed E-state index contributed by atoms with van der Waals surface area (Å²) in [6.45, 7) is 7.18. The molecule has 134 valence electrons. The molecule has 0 heterocycles. The van der Waals surface area contributed by atoms with Gasteiger partial charge in [-0.2, -0.15) is 4.99 Å². The van der Waals surface area contributed by atoms with Crippen LogP contribution in [0.2, 0.25) is 0 Å². The summed E-state index contributed by atoms with van der Waals surface area (Å²) in [6.07, 6.45) is 3.90. The van der Waals surface area contributed by atoms with Gasteiger partial charge in [0.15, 0.2) is 0 Å². The van der Waals surface area contributed by atoms with Gasteiger partial charge in [0.2, 0.25) is 0 Å². The quantitative estimate of drug-likeness (QED) is 0.268. The molecule has 1 aromatic rings. The Morgan fingerprint density at radius 3 is 2.44 bits per heavy atom. The van der Waals surface area contributed by atoms with Crippen molar-refractivity contribution in [3.8, 4) is 0 Å². The highest BCUT2D eigenvalue weighted by atomic mass is 32.2. The second-order valence-corrected chi connectivity index (χ2v) is 8.58. The molecule has 6 heteroatoms. The predicted molar refractivity (Wildman–Crippen MR) is 100 cm³/mol. The van der Waals surface area contributed by atoms with E-state index in [0.717, 1.165) is 17.3 Å². The zero-order chi connectivity index (χ0) is 18.8. The normalized spacial score (nSPS) is 17.7. The largest absolute Gasteiger partial charge is 0.512 e. The molecule has 25 heavy (non-hydrogen) atoms. The summed E-state index contributed by atoms with van der Waals surface area (Å²) in [6, 6.07) is 6.31. The van der Waals surface area contributed by atoms with E-state index >= 15 is 0 Å². The van der Waals surface area contributed by atoms with Crippen LogP contribution in [0.1, 0.15) is 34.1 Å². The van der Waals surface area contributed by atoms with E-state index < -0.39 is 16.1 Å². The maximum atomic E-state index is 14.0. The van der Waals surface area contributed by atoms with Gasteiger partial charge >= 0.3 is 0 Å². The zero-order valence-corrected chi connectivity index (χ0v) is 15.7. The van der Waals surface area contributed by atoms with Crippen molar-refractivity contribution in [1.82, 2.24) is 0 Å². The number of rotatable bonds is 5. The number of thioether (sulfide) groups is 1. The maximum Gasteiger partial charge on any atom is 0.268 e. The van der Waals surface area contributed by atoms with Crippen LogP contribution in [0.25, 0.3) is 0 Å². The highest BCUT2D eigenvalue weighted by molar-refractivity contribution is 8.01. The van der Waals surface area contributed by atoms with Crippen LogP contribution in [0.5, 0.6) is 0 Å². The molecule has 0 aromatic heterocycles. The van der Waals surface area contributed by atoms with Gasteiger partial charge in [-0.3, -0.25) is 4.79 Å². The number of hydrogen-bond donors (Lipinski definition) is 2. The summed E-state index contributed by atoms with van der Waals surface area (Å²) in [5.41, 5.74) is 6.20. The fraction of sp³-hybridized carbons (Fsp3) is 0.368. The molecule has 0 fully saturated rings. The molecular weight excluding hydrogens is 339 g/mol. The predicted octanol–water partition coefficient (Wildman–Crippen LogP) is 4.38. The highest BCUT2D eigenvalue weighted by Gasteiger charge is 2.42. The lowest BCUT2D eigenvalue weighted by atomic mass is 9.93. The Morgan fingerprint density at radius 1 is 1.32 bits per heavy atom. The van der Waals surface area contributed by atoms with Crippen LogP contribution in [0.3, 0.4) is 0 Å². The molecule has 4 nitrogen and oxygen atoms in total. The topological polar surface area (TPSA) is 75.7 Å². The maximum absolute atomic E-state index is 14.0. The number of benzene rings is 1. The van der Waals surface area contributed by atoms with Crippen molar-refractivity contribution in [3.05, 3.63) is 53.6 Å². The molecule has 0 aliphatic heterocycles. The molecule has 0 spiro atoms. The van der Waals surface area contributed by atoms with Crippen molar-refractivity contribution in [1.29, 1.82) is 0 Å². The summed E-state index contributed by atoms with van der Waals surface area (Å²) in [7, 11) is 0. The van der Waals surface area contributed by atoms with Crippen molar-refractivity contribution in [3.63, 3.8) is 0 Å². The van der Waals surface area contributed by atoms with Crippen LogP contribution < -0.4 is 5.73 Å². The summed E-state index contributed by atoms with van der Waals surface area (Å²) in [4.78, 5) is 17.0. The van der Waals surface area contributed by atoms with E-state index in [9.17, 15) is 14.3 Å². The lowest BCUT2D eigenvalue weighted by Crippen LogP contribution is -2.31.